The molecular weight excluding hydrogens is 320 g/mol. The standard InChI is InChI=1S/C12H13ClN2O3S2/c1-6-7-9(13)14-12(19-3)15-10(7)20-8(6)11(16)18-5-4-17-2/h4-5H2,1-3H3. The van der Waals surface area contributed by atoms with E-state index < -0.39 is 0 Å². The van der Waals surface area contributed by atoms with E-state index in [0.29, 0.717) is 32.0 Å². The number of aromatic nitrogens is 2. The second-order valence-electron chi connectivity index (χ2n) is 3.87. The second-order valence-corrected chi connectivity index (χ2v) is 6.00. The summed E-state index contributed by atoms with van der Waals surface area (Å²) in [6, 6.07) is 0. The number of rotatable bonds is 5. The minimum atomic E-state index is -0.385. The summed E-state index contributed by atoms with van der Waals surface area (Å²) in [4.78, 5) is 21.8. The van der Waals surface area contributed by atoms with Gasteiger partial charge in [0, 0.05) is 7.11 Å². The van der Waals surface area contributed by atoms with Crippen molar-refractivity contribution in [2.75, 3.05) is 26.6 Å². The van der Waals surface area contributed by atoms with Gasteiger partial charge in [-0.2, -0.15) is 0 Å². The molecule has 0 N–H and O–H groups in total. The van der Waals surface area contributed by atoms with E-state index in [1.54, 1.807) is 7.11 Å². The molecule has 0 spiro atoms. The molecule has 0 fully saturated rings. The lowest BCUT2D eigenvalue weighted by molar-refractivity contribution is 0.0393. The summed E-state index contributed by atoms with van der Waals surface area (Å²) in [5, 5.41) is 1.67. The Hall–Kier alpha value is -0.890. The maximum Gasteiger partial charge on any atom is 0.348 e. The number of halogens is 1. The van der Waals surface area contributed by atoms with E-state index in [9.17, 15) is 4.79 Å². The number of carbonyl (C=O) groups excluding carboxylic acids is 1. The minimum absolute atomic E-state index is 0.221. The number of hydrogen-bond donors (Lipinski definition) is 0. The molecule has 0 unspecified atom stereocenters. The van der Waals surface area contributed by atoms with Crippen molar-refractivity contribution in [3.63, 3.8) is 0 Å². The molecule has 108 valence electrons. The van der Waals surface area contributed by atoms with Crippen molar-refractivity contribution in [1.82, 2.24) is 9.97 Å². The molecule has 0 saturated carbocycles. The first kappa shape index (κ1) is 15.5. The monoisotopic (exact) mass is 332 g/mol. The van der Waals surface area contributed by atoms with E-state index in [1.165, 1.54) is 23.1 Å². The van der Waals surface area contributed by atoms with Crippen LogP contribution >= 0.6 is 34.7 Å². The number of nitrogens with zero attached hydrogens (tertiary/aromatic N) is 2. The fraction of sp³-hybridized carbons (Fsp3) is 0.417. The molecule has 0 atom stereocenters. The number of carbonyl (C=O) groups is 1. The lowest BCUT2D eigenvalue weighted by Crippen LogP contribution is -2.09. The second kappa shape index (κ2) is 6.71. The highest BCUT2D eigenvalue weighted by Crippen LogP contribution is 2.35. The van der Waals surface area contributed by atoms with Crippen LogP contribution in [0.5, 0.6) is 0 Å². The number of fused-ring (bicyclic) bond motifs is 1. The van der Waals surface area contributed by atoms with Gasteiger partial charge >= 0.3 is 5.97 Å². The van der Waals surface area contributed by atoms with Crippen LogP contribution in [0.2, 0.25) is 5.15 Å². The van der Waals surface area contributed by atoms with Gasteiger partial charge in [0.2, 0.25) is 0 Å². The highest BCUT2D eigenvalue weighted by atomic mass is 35.5. The molecule has 2 rings (SSSR count). The van der Waals surface area contributed by atoms with Crippen LogP contribution in [0.15, 0.2) is 5.16 Å². The van der Waals surface area contributed by atoms with Crippen LogP contribution in [0.25, 0.3) is 10.2 Å². The Morgan fingerprint density at radius 2 is 2.15 bits per heavy atom. The number of methoxy groups -OCH3 is 1. The van der Waals surface area contributed by atoms with Gasteiger partial charge in [0.05, 0.1) is 12.0 Å². The summed E-state index contributed by atoms with van der Waals surface area (Å²) in [5.74, 6) is -0.385. The van der Waals surface area contributed by atoms with Gasteiger partial charge in [-0.1, -0.05) is 23.4 Å². The van der Waals surface area contributed by atoms with Crippen LogP contribution in [-0.2, 0) is 9.47 Å². The number of ether oxygens (including phenoxy) is 2. The van der Waals surface area contributed by atoms with Gasteiger partial charge in [0.1, 0.15) is 21.5 Å². The van der Waals surface area contributed by atoms with Gasteiger partial charge in [-0.05, 0) is 18.7 Å². The van der Waals surface area contributed by atoms with Gasteiger partial charge in [0.25, 0.3) is 0 Å². The van der Waals surface area contributed by atoms with E-state index in [1.807, 2.05) is 13.2 Å². The molecule has 8 heteroatoms. The van der Waals surface area contributed by atoms with Gasteiger partial charge in [0.15, 0.2) is 5.16 Å². The Morgan fingerprint density at radius 1 is 1.40 bits per heavy atom. The van der Waals surface area contributed by atoms with Crippen molar-refractivity contribution >= 4 is 50.9 Å². The highest BCUT2D eigenvalue weighted by Gasteiger charge is 2.20. The topological polar surface area (TPSA) is 61.3 Å². The van der Waals surface area contributed by atoms with Crippen LogP contribution in [0.4, 0.5) is 0 Å². The molecule has 0 bridgehead atoms. The zero-order chi connectivity index (χ0) is 14.7. The van der Waals surface area contributed by atoms with Crippen molar-refractivity contribution in [3.8, 4) is 0 Å². The normalized spacial score (nSPS) is 11.0. The van der Waals surface area contributed by atoms with Crippen molar-refractivity contribution in [3.05, 3.63) is 15.6 Å². The summed E-state index contributed by atoms with van der Waals surface area (Å²) in [5.41, 5.74) is 0.755. The number of thiophene rings is 1. The van der Waals surface area contributed by atoms with E-state index in [0.717, 1.165) is 5.56 Å². The molecule has 0 aliphatic carbocycles. The van der Waals surface area contributed by atoms with Gasteiger partial charge < -0.3 is 9.47 Å². The van der Waals surface area contributed by atoms with Gasteiger partial charge in [-0.25, -0.2) is 14.8 Å². The Labute approximate surface area is 129 Å². The third-order valence-electron chi connectivity index (χ3n) is 2.61. The average molecular weight is 333 g/mol. The zero-order valence-corrected chi connectivity index (χ0v) is 13.6. The first-order valence-electron chi connectivity index (χ1n) is 5.75. The summed E-state index contributed by atoms with van der Waals surface area (Å²) in [6.07, 6.45) is 1.87. The van der Waals surface area contributed by atoms with Gasteiger partial charge in [-0.15, -0.1) is 11.3 Å². The highest BCUT2D eigenvalue weighted by molar-refractivity contribution is 7.98. The van der Waals surface area contributed by atoms with Crippen molar-refractivity contribution in [1.29, 1.82) is 0 Å². The Bertz CT molecular complexity index is 645. The molecular formula is C12H13ClN2O3S2. The molecule has 0 aliphatic heterocycles. The minimum Gasteiger partial charge on any atom is -0.459 e. The lowest BCUT2D eigenvalue weighted by Gasteiger charge is -2.02. The Kier molecular flexibility index (Phi) is 5.20. The van der Waals surface area contributed by atoms with Crippen LogP contribution in [0.3, 0.4) is 0 Å². The smallest absolute Gasteiger partial charge is 0.348 e. The molecule has 5 nitrogen and oxygen atoms in total. The number of aryl methyl sites for hydroxylation is 1. The molecule has 2 aromatic rings. The molecule has 2 aromatic heterocycles. The molecule has 0 radical (unpaired) electrons. The summed E-state index contributed by atoms with van der Waals surface area (Å²) in [7, 11) is 1.55. The predicted octanol–water partition coefficient (Wildman–Crippen LogP) is 3.18. The molecule has 2 heterocycles. The Balaban J connectivity index is 2.38. The van der Waals surface area contributed by atoms with Crippen LogP contribution in [0, 0.1) is 6.92 Å². The first-order valence-corrected chi connectivity index (χ1v) is 8.17. The van der Waals surface area contributed by atoms with E-state index in [4.69, 9.17) is 21.1 Å². The molecule has 20 heavy (non-hydrogen) atoms. The fourth-order valence-corrected chi connectivity index (χ4v) is 3.56. The maximum absolute atomic E-state index is 12.0. The molecule has 0 saturated heterocycles. The lowest BCUT2D eigenvalue weighted by atomic mass is 10.2. The van der Waals surface area contributed by atoms with Crippen LogP contribution < -0.4 is 0 Å². The third-order valence-corrected chi connectivity index (χ3v) is 4.60. The van der Waals surface area contributed by atoms with Crippen molar-refractivity contribution < 1.29 is 14.3 Å². The maximum atomic E-state index is 12.0. The number of thioether (sulfide) groups is 1. The quantitative estimate of drug-likeness (QED) is 0.275. The zero-order valence-electron chi connectivity index (χ0n) is 11.2. The number of hydrogen-bond acceptors (Lipinski definition) is 7. The average Bonchev–Trinajstić information content (AvgIpc) is 2.76. The third kappa shape index (κ3) is 3.06. The summed E-state index contributed by atoms with van der Waals surface area (Å²) in [6.45, 7) is 2.41. The first-order chi connectivity index (χ1) is 9.58. The van der Waals surface area contributed by atoms with Crippen LogP contribution in [-0.4, -0.2) is 42.5 Å². The largest absolute Gasteiger partial charge is 0.459 e. The van der Waals surface area contributed by atoms with Gasteiger partial charge in [-0.3, -0.25) is 0 Å². The van der Waals surface area contributed by atoms with Crippen molar-refractivity contribution in [2.45, 2.75) is 12.1 Å². The Morgan fingerprint density at radius 3 is 2.80 bits per heavy atom. The van der Waals surface area contributed by atoms with E-state index >= 15 is 0 Å². The van der Waals surface area contributed by atoms with Crippen LogP contribution in [0.1, 0.15) is 15.2 Å². The van der Waals surface area contributed by atoms with Crippen molar-refractivity contribution in [2.24, 2.45) is 0 Å². The molecule has 0 aromatic carbocycles. The fourth-order valence-electron chi connectivity index (χ4n) is 1.64. The van der Waals surface area contributed by atoms with E-state index in [2.05, 4.69) is 9.97 Å². The molecule has 0 amide bonds. The summed E-state index contributed by atoms with van der Waals surface area (Å²) >= 11 is 8.84. The molecule has 0 aliphatic rings. The number of esters is 1. The SMILES string of the molecule is COCCOC(=O)c1sc2nc(SC)nc(Cl)c2c1C. The summed E-state index contributed by atoms with van der Waals surface area (Å²) < 4.78 is 9.97. The van der Waals surface area contributed by atoms with E-state index in [-0.39, 0.29) is 12.6 Å². The predicted molar refractivity (Wildman–Crippen MR) is 81.1 cm³/mol.